The zero-order valence-electron chi connectivity index (χ0n) is 9.61. The maximum Gasteiger partial charge on any atom is 0.349 e. The Morgan fingerprint density at radius 2 is 2.31 bits per heavy atom. The molecular formula is C10H15N5O. The van der Waals surface area contributed by atoms with Crippen molar-refractivity contribution in [1.82, 2.24) is 19.6 Å². The highest BCUT2D eigenvalue weighted by Gasteiger charge is 2.06. The molecule has 0 aliphatic heterocycles. The van der Waals surface area contributed by atoms with Crippen LogP contribution in [0.25, 0.3) is 5.65 Å². The Hall–Kier alpha value is -1.85. The van der Waals surface area contributed by atoms with E-state index in [-0.39, 0.29) is 5.69 Å². The molecule has 2 aromatic rings. The van der Waals surface area contributed by atoms with E-state index in [4.69, 9.17) is 0 Å². The first kappa shape index (κ1) is 10.7. The fourth-order valence-corrected chi connectivity index (χ4v) is 1.50. The first-order valence-corrected chi connectivity index (χ1v) is 5.26. The number of rotatable bonds is 3. The van der Waals surface area contributed by atoms with Crippen LogP contribution >= 0.6 is 0 Å². The Kier molecular flexibility index (Phi) is 2.64. The van der Waals surface area contributed by atoms with E-state index in [0.717, 1.165) is 12.4 Å². The molecular weight excluding hydrogens is 206 g/mol. The van der Waals surface area contributed by atoms with Gasteiger partial charge in [-0.1, -0.05) is 13.8 Å². The van der Waals surface area contributed by atoms with Crippen LogP contribution in [0, 0.1) is 12.8 Å². The van der Waals surface area contributed by atoms with E-state index in [1.807, 2.05) is 0 Å². The van der Waals surface area contributed by atoms with Gasteiger partial charge in [-0.25, -0.2) is 19.3 Å². The number of aromatic nitrogens is 4. The Balaban J connectivity index is 2.39. The van der Waals surface area contributed by atoms with E-state index < -0.39 is 0 Å². The van der Waals surface area contributed by atoms with Crippen molar-refractivity contribution in [3.63, 3.8) is 0 Å². The second-order valence-corrected chi connectivity index (χ2v) is 4.19. The Labute approximate surface area is 92.7 Å². The minimum Gasteiger partial charge on any atom is -0.370 e. The number of anilines is 1. The number of H-pyrrole nitrogens is 1. The molecule has 16 heavy (non-hydrogen) atoms. The highest BCUT2D eigenvalue weighted by atomic mass is 16.1. The first-order valence-electron chi connectivity index (χ1n) is 5.26. The third kappa shape index (κ3) is 1.91. The predicted octanol–water partition coefficient (Wildman–Crippen LogP) is 0.794. The van der Waals surface area contributed by atoms with Crippen molar-refractivity contribution in [3.8, 4) is 0 Å². The first-order chi connectivity index (χ1) is 7.58. The fraction of sp³-hybridized carbons (Fsp3) is 0.500. The lowest BCUT2D eigenvalue weighted by Crippen LogP contribution is -2.15. The molecule has 0 aliphatic rings. The summed E-state index contributed by atoms with van der Waals surface area (Å²) in [5, 5.41) is 9.52. The summed E-state index contributed by atoms with van der Waals surface area (Å²) in [5.74, 6) is 1.92. The van der Waals surface area contributed by atoms with Crippen LogP contribution in [-0.2, 0) is 0 Å². The predicted molar refractivity (Wildman–Crippen MR) is 61.7 cm³/mol. The molecule has 0 saturated heterocycles. The van der Waals surface area contributed by atoms with Crippen molar-refractivity contribution in [2.75, 3.05) is 11.9 Å². The van der Waals surface area contributed by atoms with Gasteiger partial charge in [0.25, 0.3) is 0 Å². The van der Waals surface area contributed by atoms with Crippen LogP contribution in [0.1, 0.15) is 19.7 Å². The molecule has 0 unspecified atom stereocenters. The van der Waals surface area contributed by atoms with E-state index in [0.29, 0.717) is 17.4 Å². The molecule has 6 nitrogen and oxygen atoms in total. The highest BCUT2D eigenvalue weighted by Crippen LogP contribution is 2.08. The molecule has 2 heterocycles. The van der Waals surface area contributed by atoms with E-state index in [1.165, 1.54) is 4.40 Å². The average molecular weight is 221 g/mol. The number of fused-ring (bicyclic) bond motifs is 1. The second-order valence-electron chi connectivity index (χ2n) is 4.19. The van der Waals surface area contributed by atoms with Crippen molar-refractivity contribution < 1.29 is 0 Å². The standard InChI is InChI=1S/C10H15N5O/c1-6(2)5-11-8-4-9-13-14-10(16)15(9)7(3)12-8/h4,6,11H,5H2,1-3H3,(H,14,16). The molecule has 0 radical (unpaired) electrons. The Morgan fingerprint density at radius 3 is 3.00 bits per heavy atom. The lowest BCUT2D eigenvalue weighted by atomic mass is 10.2. The molecule has 86 valence electrons. The van der Waals surface area contributed by atoms with Crippen LogP contribution < -0.4 is 11.0 Å². The maximum absolute atomic E-state index is 11.4. The maximum atomic E-state index is 11.4. The van der Waals surface area contributed by atoms with Crippen molar-refractivity contribution >= 4 is 11.5 Å². The molecule has 0 saturated carbocycles. The van der Waals surface area contributed by atoms with Crippen LogP contribution in [0.3, 0.4) is 0 Å². The number of nitrogens with zero attached hydrogens (tertiary/aromatic N) is 3. The number of aryl methyl sites for hydroxylation is 1. The largest absolute Gasteiger partial charge is 0.370 e. The molecule has 0 amide bonds. The third-order valence-corrected chi connectivity index (χ3v) is 2.26. The molecule has 2 N–H and O–H groups in total. The van der Waals surface area contributed by atoms with Gasteiger partial charge >= 0.3 is 5.69 Å². The number of hydrogen-bond donors (Lipinski definition) is 2. The highest BCUT2D eigenvalue weighted by molar-refractivity contribution is 5.49. The van der Waals surface area contributed by atoms with Gasteiger partial charge < -0.3 is 5.32 Å². The van der Waals surface area contributed by atoms with Crippen molar-refractivity contribution in [1.29, 1.82) is 0 Å². The van der Waals surface area contributed by atoms with Crippen LogP contribution in [0.15, 0.2) is 10.9 Å². The van der Waals surface area contributed by atoms with E-state index in [2.05, 4.69) is 34.3 Å². The number of aromatic amines is 1. The van der Waals surface area contributed by atoms with Gasteiger partial charge in [0.2, 0.25) is 0 Å². The Morgan fingerprint density at radius 1 is 1.56 bits per heavy atom. The normalized spacial score (nSPS) is 11.2. The summed E-state index contributed by atoms with van der Waals surface area (Å²) in [5.41, 5.74) is 0.333. The molecule has 0 bridgehead atoms. The molecule has 0 aliphatic carbocycles. The average Bonchev–Trinajstić information content (AvgIpc) is 2.58. The Bertz CT molecular complexity index is 554. The van der Waals surface area contributed by atoms with E-state index in [9.17, 15) is 4.79 Å². The summed E-state index contributed by atoms with van der Waals surface area (Å²) in [7, 11) is 0. The molecule has 0 spiro atoms. The minimum absolute atomic E-state index is 0.254. The SMILES string of the molecule is Cc1nc(NCC(C)C)cc2n[nH]c(=O)n12. The smallest absolute Gasteiger partial charge is 0.349 e. The van der Waals surface area contributed by atoms with E-state index in [1.54, 1.807) is 13.0 Å². The monoisotopic (exact) mass is 221 g/mol. The quantitative estimate of drug-likeness (QED) is 0.803. The van der Waals surface area contributed by atoms with Crippen molar-refractivity contribution in [2.24, 2.45) is 5.92 Å². The number of hydrogen-bond acceptors (Lipinski definition) is 4. The molecule has 2 aromatic heterocycles. The second kappa shape index (κ2) is 3.96. The van der Waals surface area contributed by atoms with Crippen LogP contribution in [0.2, 0.25) is 0 Å². The lowest BCUT2D eigenvalue weighted by molar-refractivity contribution is 0.686. The summed E-state index contributed by atoms with van der Waals surface area (Å²) in [4.78, 5) is 15.7. The minimum atomic E-state index is -0.254. The topological polar surface area (TPSA) is 75.1 Å². The van der Waals surface area contributed by atoms with Gasteiger partial charge in [-0.05, 0) is 12.8 Å². The van der Waals surface area contributed by atoms with Gasteiger partial charge in [0.15, 0.2) is 5.65 Å². The molecule has 6 heteroatoms. The van der Waals surface area contributed by atoms with Gasteiger partial charge in [0.05, 0.1) is 0 Å². The molecule has 0 aromatic carbocycles. The van der Waals surface area contributed by atoms with Crippen molar-refractivity contribution in [2.45, 2.75) is 20.8 Å². The molecule has 0 atom stereocenters. The summed E-state index contributed by atoms with van der Waals surface area (Å²) in [6.07, 6.45) is 0. The van der Waals surface area contributed by atoms with Crippen LogP contribution in [0.5, 0.6) is 0 Å². The van der Waals surface area contributed by atoms with Crippen LogP contribution in [0.4, 0.5) is 5.82 Å². The molecule has 2 rings (SSSR count). The van der Waals surface area contributed by atoms with E-state index >= 15 is 0 Å². The van der Waals surface area contributed by atoms with Gasteiger partial charge in [-0.15, -0.1) is 0 Å². The third-order valence-electron chi connectivity index (χ3n) is 2.26. The fourth-order valence-electron chi connectivity index (χ4n) is 1.50. The zero-order chi connectivity index (χ0) is 11.7. The zero-order valence-corrected chi connectivity index (χ0v) is 9.61. The van der Waals surface area contributed by atoms with Gasteiger partial charge in [0, 0.05) is 12.6 Å². The number of nitrogens with one attached hydrogen (secondary N) is 2. The van der Waals surface area contributed by atoms with Gasteiger partial charge in [-0.3, -0.25) is 0 Å². The summed E-state index contributed by atoms with van der Waals surface area (Å²) in [6.45, 7) is 6.87. The molecule has 0 fully saturated rings. The van der Waals surface area contributed by atoms with Gasteiger partial charge in [0.1, 0.15) is 11.6 Å². The lowest BCUT2D eigenvalue weighted by Gasteiger charge is -2.08. The van der Waals surface area contributed by atoms with Gasteiger partial charge in [-0.2, -0.15) is 5.10 Å². The summed E-state index contributed by atoms with van der Waals surface area (Å²) in [6, 6.07) is 1.76. The van der Waals surface area contributed by atoms with Crippen molar-refractivity contribution in [3.05, 3.63) is 22.4 Å². The summed E-state index contributed by atoms with van der Waals surface area (Å²) < 4.78 is 1.44. The van der Waals surface area contributed by atoms with Crippen LogP contribution in [-0.4, -0.2) is 26.1 Å². The summed E-state index contributed by atoms with van der Waals surface area (Å²) >= 11 is 0.